The van der Waals surface area contributed by atoms with Crippen LogP contribution in [0.2, 0.25) is 0 Å². The van der Waals surface area contributed by atoms with Crippen molar-refractivity contribution in [2.75, 3.05) is 0 Å². The lowest BCUT2D eigenvalue weighted by atomic mass is 9.67. The molecule has 1 atom stereocenters. The Morgan fingerprint density at radius 1 is 1.36 bits per heavy atom. The van der Waals surface area contributed by atoms with E-state index in [1.165, 1.54) is 0 Å². The first kappa shape index (κ1) is 16.8. The second-order valence-electron chi connectivity index (χ2n) is 7.59. The average molecular weight is 310 g/mol. The van der Waals surface area contributed by atoms with Crippen molar-refractivity contribution in [3.63, 3.8) is 0 Å². The maximum Gasteiger partial charge on any atom is 0.326 e. The third-order valence-electron chi connectivity index (χ3n) is 5.24. The van der Waals surface area contributed by atoms with Crippen molar-refractivity contribution < 1.29 is 19.5 Å². The first-order chi connectivity index (χ1) is 10.1. The summed E-state index contributed by atoms with van der Waals surface area (Å²) in [6, 6.07) is -1.64. The summed E-state index contributed by atoms with van der Waals surface area (Å²) in [5.74, 6) is -0.983. The second-order valence-corrected chi connectivity index (χ2v) is 7.59. The van der Waals surface area contributed by atoms with Gasteiger partial charge < -0.3 is 10.4 Å². The van der Waals surface area contributed by atoms with E-state index < -0.39 is 23.6 Å². The van der Waals surface area contributed by atoms with E-state index in [1.54, 1.807) is 6.92 Å². The molecule has 0 bridgehead atoms. The molecule has 1 saturated heterocycles. The summed E-state index contributed by atoms with van der Waals surface area (Å²) >= 11 is 0. The van der Waals surface area contributed by atoms with Crippen LogP contribution in [-0.4, -0.2) is 39.5 Å². The van der Waals surface area contributed by atoms with Crippen molar-refractivity contribution in [1.29, 1.82) is 0 Å². The Kier molecular flexibility index (Phi) is 4.24. The van der Waals surface area contributed by atoms with Crippen LogP contribution in [0.15, 0.2) is 0 Å². The molecule has 2 aliphatic rings. The van der Waals surface area contributed by atoms with Crippen LogP contribution in [0.1, 0.15) is 59.8 Å². The van der Waals surface area contributed by atoms with Gasteiger partial charge >= 0.3 is 12.0 Å². The third kappa shape index (κ3) is 2.71. The highest BCUT2D eigenvalue weighted by atomic mass is 16.4. The van der Waals surface area contributed by atoms with Crippen LogP contribution in [0.5, 0.6) is 0 Å². The molecule has 0 radical (unpaired) electrons. The van der Waals surface area contributed by atoms with E-state index in [9.17, 15) is 19.5 Å². The van der Waals surface area contributed by atoms with Crippen molar-refractivity contribution in [1.82, 2.24) is 10.2 Å². The van der Waals surface area contributed by atoms with Crippen LogP contribution in [0.25, 0.3) is 0 Å². The van der Waals surface area contributed by atoms with Gasteiger partial charge in [-0.1, -0.05) is 27.7 Å². The largest absolute Gasteiger partial charge is 0.480 e. The van der Waals surface area contributed by atoms with Gasteiger partial charge in [-0.3, -0.25) is 4.79 Å². The van der Waals surface area contributed by atoms with E-state index in [1.807, 2.05) is 0 Å². The molecule has 1 aliphatic heterocycles. The van der Waals surface area contributed by atoms with Crippen molar-refractivity contribution in [2.45, 2.75) is 71.4 Å². The van der Waals surface area contributed by atoms with Gasteiger partial charge in [0.15, 0.2) is 0 Å². The molecule has 1 unspecified atom stereocenters. The fraction of sp³-hybridized carbons (Fsp3) is 0.812. The Morgan fingerprint density at radius 3 is 2.32 bits per heavy atom. The summed E-state index contributed by atoms with van der Waals surface area (Å²) in [6.45, 7) is 8.23. The van der Waals surface area contributed by atoms with Crippen LogP contribution in [0.4, 0.5) is 4.79 Å². The number of imide groups is 1. The number of amides is 3. The summed E-state index contributed by atoms with van der Waals surface area (Å²) in [5, 5.41) is 12.0. The Hall–Kier alpha value is -1.59. The Balaban J connectivity index is 2.17. The molecule has 3 amide bonds. The molecule has 6 heteroatoms. The molecular weight excluding hydrogens is 284 g/mol. The van der Waals surface area contributed by atoms with Gasteiger partial charge in [-0.2, -0.15) is 0 Å². The quantitative estimate of drug-likeness (QED) is 0.784. The van der Waals surface area contributed by atoms with E-state index in [0.717, 1.165) is 17.7 Å². The summed E-state index contributed by atoms with van der Waals surface area (Å²) in [5.41, 5.74) is -0.707. The molecule has 2 rings (SSSR count). The van der Waals surface area contributed by atoms with Crippen molar-refractivity contribution >= 4 is 17.9 Å². The lowest BCUT2D eigenvalue weighted by Gasteiger charge is -2.40. The van der Waals surface area contributed by atoms with Crippen LogP contribution in [0.3, 0.4) is 0 Å². The monoisotopic (exact) mass is 310 g/mol. The van der Waals surface area contributed by atoms with Crippen LogP contribution < -0.4 is 5.32 Å². The molecule has 0 aromatic carbocycles. The first-order valence-electron chi connectivity index (χ1n) is 8.01. The predicted octanol–water partition coefficient (Wildman–Crippen LogP) is 2.38. The number of rotatable bonds is 3. The number of carbonyl (C=O) groups is 3. The lowest BCUT2D eigenvalue weighted by molar-refractivity contribution is -0.148. The normalized spacial score (nSPS) is 30.5. The molecule has 1 saturated carbocycles. The van der Waals surface area contributed by atoms with Gasteiger partial charge in [-0.15, -0.1) is 0 Å². The van der Waals surface area contributed by atoms with Crippen molar-refractivity contribution in [2.24, 2.45) is 11.3 Å². The maximum absolute atomic E-state index is 12.7. The van der Waals surface area contributed by atoms with Gasteiger partial charge in [0.2, 0.25) is 0 Å². The molecule has 6 nitrogen and oxygen atoms in total. The minimum atomic E-state index is -1.13. The van der Waals surface area contributed by atoms with E-state index in [2.05, 4.69) is 26.1 Å². The highest BCUT2D eigenvalue weighted by Crippen LogP contribution is 2.43. The summed E-state index contributed by atoms with van der Waals surface area (Å²) in [7, 11) is 0. The predicted molar refractivity (Wildman–Crippen MR) is 81.2 cm³/mol. The lowest BCUT2D eigenvalue weighted by Crippen LogP contribution is -2.51. The van der Waals surface area contributed by atoms with Crippen LogP contribution in [0, 0.1) is 11.3 Å². The molecule has 1 spiro atoms. The molecule has 124 valence electrons. The summed E-state index contributed by atoms with van der Waals surface area (Å²) in [6.07, 6.45) is 3.13. The number of carboxylic acid groups (broad SMARTS) is 1. The second kappa shape index (κ2) is 5.56. The minimum Gasteiger partial charge on any atom is -0.480 e. The highest BCUT2D eigenvalue weighted by molar-refractivity contribution is 6.09. The van der Waals surface area contributed by atoms with E-state index in [-0.39, 0.29) is 17.7 Å². The molecule has 1 heterocycles. The standard InChI is InChI=1S/C16H26N2O4/c1-5-11(12(19)20)18-13(21)16(17-14(18)22)8-6-10(7-9-16)15(2,3)4/h10-11H,5-9H2,1-4H3,(H,17,22)(H,19,20). The minimum absolute atomic E-state index is 0.181. The fourth-order valence-electron chi connectivity index (χ4n) is 3.71. The van der Waals surface area contributed by atoms with Crippen LogP contribution >= 0.6 is 0 Å². The molecule has 0 aromatic rings. The molecule has 1 aliphatic carbocycles. The summed E-state index contributed by atoms with van der Waals surface area (Å²) in [4.78, 5) is 37.1. The number of hydrogen-bond donors (Lipinski definition) is 2. The highest BCUT2D eigenvalue weighted by Gasteiger charge is 2.55. The van der Waals surface area contributed by atoms with Crippen molar-refractivity contribution in [3.8, 4) is 0 Å². The van der Waals surface area contributed by atoms with Gasteiger partial charge in [0.05, 0.1) is 0 Å². The average Bonchev–Trinajstić information content (AvgIpc) is 2.63. The third-order valence-corrected chi connectivity index (χ3v) is 5.24. The van der Waals surface area contributed by atoms with Gasteiger partial charge in [0, 0.05) is 0 Å². The Labute approximate surface area is 131 Å². The molecule has 2 fully saturated rings. The number of carboxylic acids is 1. The number of carbonyl (C=O) groups excluding carboxylic acids is 2. The first-order valence-corrected chi connectivity index (χ1v) is 8.01. The maximum atomic E-state index is 12.7. The van der Waals surface area contributed by atoms with Crippen LogP contribution in [-0.2, 0) is 9.59 Å². The number of nitrogens with zero attached hydrogens (tertiary/aromatic N) is 1. The molecular formula is C16H26N2O4. The molecule has 2 N–H and O–H groups in total. The van der Waals surface area contributed by atoms with Gasteiger partial charge in [0.25, 0.3) is 5.91 Å². The van der Waals surface area contributed by atoms with E-state index >= 15 is 0 Å². The fourth-order valence-corrected chi connectivity index (χ4v) is 3.71. The zero-order valence-corrected chi connectivity index (χ0v) is 13.8. The summed E-state index contributed by atoms with van der Waals surface area (Å²) < 4.78 is 0. The van der Waals surface area contributed by atoms with E-state index in [4.69, 9.17) is 0 Å². The molecule has 0 aromatic heterocycles. The Morgan fingerprint density at radius 2 is 1.91 bits per heavy atom. The topological polar surface area (TPSA) is 86.7 Å². The Bertz CT molecular complexity index is 487. The smallest absolute Gasteiger partial charge is 0.326 e. The van der Waals surface area contributed by atoms with E-state index in [0.29, 0.717) is 18.8 Å². The zero-order valence-electron chi connectivity index (χ0n) is 13.8. The number of urea groups is 1. The van der Waals surface area contributed by atoms with Gasteiger partial charge in [-0.05, 0) is 43.4 Å². The van der Waals surface area contributed by atoms with Gasteiger partial charge in [0.1, 0.15) is 11.6 Å². The van der Waals surface area contributed by atoms with Crippen molar-refractivity contribution in [3.05, 3.63) is 0 Å². The zero-order chi connectivity index (χ0) is 16.7. The number of aliphatic carboxylic acids is 1. The van der Waals surface area contributed by atoms with Gasteiger partial charge in [-0.25, -0.2) is 14.5 Å². The number of hydrogen-bond acceptors (Lipinski definition) is 3. The molecule has 22 heavy (non-hydrogen) atoms. The SMILES string of the molecule is CCC(C(=O)O)N1C(=O)NC2(CCC(C(C)(C)C)CC2)C1=O. The number of nitrogens with one attached hydrogen (secondary N) is 1.